The Balaban J connectivity index is 2.35. The van der Waals surface area contributed by atoms with Crippen LogP contribution in [0.15, 0.2) is 18.2 Å². The summed E-state index contributed by atoms with van der Waals surface area (Å²) in [6.45, 7) is 0. The van der Waals surface area contributed by atoms with Crippen LogP contribution in [0, 0.1) is 0 Å². The van der Waals surface area contributed by atoms with Crippen molar-refractivity contribution >= 4 is 11.6 Å². The molecule has 0 saturated heterocycles. The summed E-state index contributed by atoms with van der Waals surface area (Å²) in [4.78, 5) is 0. The van der Waals surface area contributed by atoms with Crippen molar-refractivity contribution in [2.24, 2.45) is 0 Å². The summed E-state index contributed by atoms with van der Waals surface area (Å²) >= 11 is 5.80. The fourth-order valence-electron chi connectivity index (χ4n) is 1.45. The molecular formula is C9H9ClO. The zero-order valence-corrected chi connectivity index (χ0v) is 7.06. The highest BCUT2D eigenvalue weighted by atomic mass is 35.5. The largest absolute Gasteiger partial charge is 0.376 e. The molecule has 0 heterocycles. The Morgan fingerprint density at radius 1 is 1.55 bits per heavy atom. The molecule has 0 aliphatic heterocycles. The van der Waals surface area contributed by atoms with Gasteiger partial charge in [-0.15, -0.1) is 0 Å². The Kier molecular flexibility index (Phi) is 1.63. The molecule has 2 heteroatoms. The fourth-order valence-corrected chi connectivity index (χ4v) is 1.65. The standard InChI is InChI=1S/C9H9ClO/c1-11-9-5-6-4-7(10)2-3-8(6)9/h2-4,9H,5H2,1H3. The molecule has 0 N–H and O–H groups in total. The van der Waals surface area contributed by atoms with E-state index < -0.39 is 0 Å². The van der Waals surface area contributed by atoms with Crippen molar-refractivity contribution in [3.05, 3.63) is 34.3 Å². The van der Waals surface area contributed by atoms with Crippen LogP contribution in [0.5, 0.6) is 0 Å². The third kappa shape index (κ3) is 1.05. The highest BCUT2D eigenvalue weighted by Crippen LogP contribution is 2.36. The molecule has 0 aromatic heterocycles. The summed E-state index contributed by atoms with van der Waals surface area (Å²) < 4.78 is 5.21. The molecule has 2 rings (SSSR count). The van der Waals surface area contributed by atoms with E-state index >= 15 is 0 Å². The average molecular weight is 169 g/mol. The zero-order chi connectivity index (χ0) is 7.84. The molecule has 0 spiro atoms. The van der Waals surface area contributed by atoms with Gasteiger partial charge in [-0.2, -0.15) is 0 Å². The molecule has 58 valence electrons. The lowest BCUT2D eigenvalue weighted by Gasteiger charge is -2.28. The van der Waals surface area contributed by atoms with Gasteiger partial charge in [-0.1, -0.05) is 17.7 Å². The second-order valence-corrected chi connectivity index (χ2v) is 3.21. The van der Waals surface area contributed by atoms with E-state index in [9.17, 15) is 0 Å². The molecule has 1 atom stereocenters. The minimum atomic E-state index is 0.308. The smallest absolute Gasteiger partial charge is 0.0864 e. The van der Waals surface area contributed by atoms with Crippen molar-refractivity contribution in [3.63, 3.8) is 0 Å². The van der Waals surface area contributed by atoms with Gasteiger partial charge in [0.1, 0.15) is 0 Å². The molecule has 0 bridgehead atoms. The van der Waals surface area contributed by atoms with E-state index in [0.29, 0.717) is 6.10 Å². The van der Waals surface area contributed by atoms with Gasteiger partial charge in [0.15, 0.2) is 0 Å². The topological polar surface area (TPSA) is 9.23 Å². The SMILES string of the molecule is COC1Cc2cc(Cl)ccc21. The summed E-state index contributed by atoms with van der Waals surface area (Å²) in [5.74, 6) is 0. The summed E-state index contributed by atoms with van der Waals surface area (Å²) in [5.41, 5.74) is 2.61. The quantitative estimate of drug-likeness (QED) is 0.627. The molecule has 1 unspecified atom stereocenters. The lowest BCUT2D eigenvalue weighted by atomic mass is 9.85. The van der Waals surface area contributed by atoms with Crippen LogP contribution >= 0.6 is 11.6 Å². The first-order chi connectivity index (χ1) is 5.31. The van der Waals surface area contributed by atoms with E-state index in [1.54, 1.807) is 7.11 Å². The number of methoxy groups -OCH3 is 1. The molecule has 1 aliphatic rings. The first-order valence-electron chi connectivity index (χ1n) is 3.62. The number of fused-ring (bicyclic) bond motifs is 1. The summed E-state index contributed by atoms with van der Waals surface area (Å²) in [6, 6.07) is 5.95. The van der Waals surface area contributed by atoms with E-state index in [1.165, 1.54) is 11.1 Å². The van der Waals surface area contributed by atoms with Crippen LogP contribution in [0.4, 0.5) is 0 Å². The molecule has 1 nitrogen and oxygen atoms in total. The fraction of sp³-hybridized carbons (Fsp3) is 0.333. The molecule has 0 saturated carbocycles. The van der Waals surface area contributed by atoms with Gasteiger partial charge in [0.25, 0.3) is 0 Å². The molecule has 0 fully saturated rings. The summed E-state index contributed by atoms with van der Waals surface area (Å²) in [7, 11) is 1.74. The van der Waals surface area contributed by atoms with Crippen LogP contribution in [0.25, 0.3) is 0 Å². The van der Waals surface area contributed by atoms with Gasteiger partial charge >= 0.3 is 0 Å². The van der Waals surface area contributed by atoms with Crippen LogP contribution < -0.4 is 0 Å². The van der Waals surface area contributed by atoms with Crippen molar-refractivity contribution in [3.8, 4) is 0 Å². The van der Waals surface area contributed by atoms with Gasteiger partial charge in [0.2, 0.25) is 0 Å². The highest BCUT2D eigenvalue weighted by molar-refractivity contribution is 6.30. The van der Waals surface area contributed by atoms with Crippen LogP contribution in [0.3, 0.4) is 0 Å². The maximum atomic E-state index is 5.80. The van der Waals surface area contributed by atoms with E-state index in [0.717, 1.165) is 11.4 Å². The number of hydrogen-bond acceptors (Lipinski definition) is 1. The Bertz CT molecular complexity index is 283. The van der Waals surface area contributed by atoms with Crippen LogP contribution in [-0.4, -0.2) is 7.11 Å². The first kappa shape index (κ1) is 7.14. The molecule has 0 radical (unpaired) electrons. The summed E-state index contributed by atoms with van der Waals surface area (Å²) in [6.07, 6.45) is 1.31. The normalized spacial score (nSPS) is 20.7. The number of ether oxygens (including phenoxy) is 1. The van der Waals surface area contributed by atoms with E-state index in [2.05, 4.69) is 0 Å². The number of rotatable bonds is 1. The second-order valence-electron chi connectivity index (χ2n) is 2.77. The first-order valence-corrected chi connectivity index (χ1v) is 4.00. The molecular weight excluding hydrogens is 160 g/mol. The number of hydrogen-bond donors (Lipinski definition) is 0. The number of benzene rings is 1. The predicted octanol–water partition coefficient (Wildman–Crippen LogP) is 2.58. The maximum Gasteiger partial charge on any atom is 0.0864 e. The van der Waals surface area contributed by atoms with Crippen molar-refractivity contribution in [1.29, 1.82) is 0 Å². The van der Waals surface area contributed by atoms with Crippen LogP contribution in [0.1, 0.15) is 17.2 Å². The monoisotopic (exact) mass is 168 g/mol. The van der Waals surface area contributed by atoms with Crippen molar-refractivity contribution < 1.29 is 4.74 Å². The Labute approximate surface area is 70.9 Å². The van der Waals surface area contributed by atoms with Crippen molar-refractivity contribution in [2.75, 3.05) is 7.11 Å². The minimum Gasteiger partial charge on any atom is -0.376 e. The lowest BCUT2D eigenvalue weighted by molar-refractivity contribution is 0.0845. The van der Waals surface area contributed by atoms with Gasteiger partial charge in [-0.25, -0.2) is 0 Å². The second kappa shape index (κ2) is 2.50. The molecule has 1 aromatic rings. The molecule has 0 amide bonds. The van der Waals surface area contributed by atoms with Crippen molar-refractivity contribution in [2.45, 2.75) is 12.5 Å². The number of halogens is 1. The highest BCUT2D eigenvalue weighted by Gasteiger charge is 2.25. The van der Waals surface area contributed by atoms with Gasteiger partial charge in [-0.3, -0.25) is 0 Å². The predicted molar refractivity (Wildman–Crippen MR) is 44.9 cm³/mol. The van der Waals surface area contributed by atoms with E-state index in [4.69, 9.17) is 16.3 Å². The van der Waals surface area contributed by atoms with E-state index in [-0.39, 0.29) is 0 Å². The lowest BCUT2D eigenvalue weighted by Crippen LogP contribution is -2.18. The van der Waals surface area contributed by atoms with Crippen molar-refractivity contribution in [1.82, 2.24) is 0 Å². The average Bonchev–Trinajstić information content (AvgIpc) is 1.95. The Morgan fingerprint density at radius 3 is 3.00 bits per heavy atom. The maximum absolute atomic E-state index is 5.80. The summed E-state index contributed by atoms with van der Waals surface area (Å²) in [5, 5.41) is 0.818. The third-order valence-corrected chi connectivity index (χ3v) is 2.38. The minimum absolute atomic E-state index is 0.308. The molecule has 1 aromatic carbocycles. The Hall–Kier alpha value is -0.530. The molecule has 1 aliphatic carbocycles. The van der Waals surface area contributed by atoms with Gasteiger partial charge in [0.05, 0.1) is 6.10 Å². The van der Waals surface area contributed by atoms with Gasteiger partial charge in [-0.05, 0) is 23.3 Å². The molecule has 11 heavy (non-hydrogen) atoms. The Morgan fingerprint density at radius 2 is 2.36 bits per heavy atom. The van der Waals surface area contributed by atoms with Gasteiger partial charge < -0.3 is 4.74 Å². The zero-order valence-electron chi connectivity index (χ0n) is 6.30. The van der Waals surface area contributed by atoms with Gasteiger partial charge in [0, 0.05) is 18.6 Å². The van der Waals surface area contributed by atoms with Crippen LogP contribution in [0.2, 0.25) is 5.02 Å². The third-order valence-electron chi connectivity index (χ3n) is 2.14. The van der Waals surface area contributed by atoms with Crippen LogP contribution in [-0.2, 0) is 11.2 Å². The van der Waals surface area contributed by atoms with E-state index in [1.807, 2.05) is 18.2 Å².